The molecule has 0 aliphatic carbocycles. The number of anilines is 1. The number of carboxylic acids is 1. The maximum atomic E-state index is 11.9. The van der Waals surface area contributed by atoms with E-state index in [4.69, 9.17) is 16.7 Å². The molecule has 2 aromatic rings. The summed E-state index contributed by atoms with van der Waals surface area (Å²) in [6.07, 6.45) is 0.136. The first kappa shape index (κ1) is 14.1. The van der Waals surface area contributed by atoms with E-state index in [1.54, 1.807) is 36.4 Å². The Kier molecular flexibility index (Phi) is 4.38. The number of rotatable bonds is 4. The summed E-state index contributed by atoms with van der Waals surface area (Å²) in [6, 6.07) is 13.2. The van der Waals surface area contributed by atoms with Crippen LogP contribution in [0.5, 0.6) is 0 Å². The van der Waals surface area contributed by atoms with Gasteiger partial charge >= 0.3 is 5.97 Å². The molecule has 0 aromatic heterocycles. The lowest BCUT2D eigenvalue weighted by Crippen LogP contribution is -2.15. The standard InChI is InChI=1S/C15H12ClNO3/c16-13-7-2-1-4-10(13)9-14(18)17-12-6-3-5-11(8-12)15(19)20/h1-8H,9H2,(H,17,18)(H,19,20). The average Bonchev–Trinajstić information content (AvgIpc) is 2.41. The van der Waals surface area contributed by atoms with E-state index in [2.05, 4.69) is 5.32 Å². The minimum Gasteiger partial charge on any atom is -0.478 e. The van der Waals surface area contributed by atoms with Crippen molar-refractivity contribution in [1.29, 1.82) is 0 Å². The number of halogens is 1. The zero-order valence-corrected chi connectivity index (χ0v) is 11.2. The highest BCUT2D eigenvalue weighted by Crippen LogP contribution is 2.16. The van der Waals surface area contributed by atoms with Crippen LogP contribution < -0.4 is 5.32 Å². The second-order valence-electron chi connectivity index (χ2n) is 4.20. The summed E-state index contributed by atoms with van der Waals surface area (Å²) < 4.78 is 0. The number of amides is 1. The van der Waals surface area contributed by atoms with Crippen molar-refractivity contribution in [3.63, 3.8) is 0 Å². The van der Waals surface area contributed by atoms with Gasteiger partial charge in [-0.3, -0.25) is 4.79 Å². The van der Waals surface area contributed by atoms with Gasteiger partial charge in [0, 0.05) is 10.7 Å². The van der Waals surface area contributed by atoms with E-state index in [9.17, 15) is 9.59 Å². The molecule has 2 aromatic carbocycles. The van der Waals surface area contributed by atoms with Crippen molar-refractivity contribution < 1.29 is 14.7 Å². The number of carbonyl (C=O) groups is 2. The van der Waals surface area contributed by atoms with Crippen molar-refractivity contribution in [1.82, 2.24) is 0 Å². The Balaban J connectivity index is 2.07. The normalized spacial score (nSPS) is 10.1. The van der Waals surface area contributed by atoms with Crippen molar-refractivity contribution in [2.24, 2.45) is 0 Å². The van der Waals surface area contributed by atoms with Gasteiger partial charge in [-0.2, -0.15) is 0 Å². The molecule has 0 bridgehead atoms. The summed E-state index contributed by atoms with van der Waals surface area (Å²) in [5, 5.41) is 12.1. The van der Waals surface area contributed by atoms with Gasteiger partial charge in [0.25, 0.3) is 0 Å². The molecule has 0 radical (unpaired) electrons. The van der Waals surface area contributed by atoms with E-state index >= 15 is 0 Å². The summed E-state index contributed by atoms with van der Waals surface area (Å²) >= 11 is 5.98. The first-order chi connectivity index (χ1) is 9.56. The fourth-order valence-electron chi connectivity index (χ4n) is 1.75. The summed E-state index contributed by atoms with van der Waals surface area (Å²) in [7, 11) is 0. The average molecular weight is 290 g/mol. The lowest BCUT2D eigenvalue weighted by Gasteiger charge is -2.07. The third-order valence-corrected chi connectivity index (χ3v) is 3.07. The summed E-state index contributed by atoms with van der Waals surface area (Å²) in [5.41, 5.74) is 1.29. The monoisotopic (exact) mass is 289 g/mol. The molecular formula is C15H12ClNO3. The maximum Gasteiger partial charge on any atom is 0.335 e. The van der Waals surface area contributed by atoms with Gasteiger partial charge in [0.05, 0.1) is 12.0 Å². The second kappa shape index (κ2) is 6.21. The Hall–Kier alpha value is -2.33. The smallest absolute Gasteiger partial charge is 0.335 e. The third-order valence-electron chi connectivity index (χ3n) is 2.70. The summed E-state index contributed by atoms with van der Waals surface area (Å²) in [5.74, 6) is -1.28. The molecule has 0 spiro atoms. The van der Waals surface area contributed by atoms with Crippen LogP contribution in [0.2, 0.25) is 5.02 Å². The molecule has 0 heterocycles. The predicted molar refractivity (Wildman–Crippen MR) is 77.2 cm³/mol. The molecule has 1 amide bonds. The Morgan fingerprint density at radius 3 is 2.55 bits per heavy atom. The fourth-order valence-corrected chi connectivity index (χ4v) is 1.95. The highest BCUT2D eigenvalue weighted by atomic mass is 35.5. The van der Waals surface area contributed by atoms with Gasteiger partial charge in [-0.05, 0) is 29.8 Å². The van der Waals surface area contributed by atoms with Crippen LogP contribution in [0, 0.1) is 0 Å². The largest absolute Gasteiger partial charge is 0.478 e. The van der Waals surface area contributed by atoms with Crippen LogP contribution in [0.25, 0.3) is 0 Å². The number of hydrogen-bond acceptors (Lipinski definition) is 2. The molecular weight excluding hydrogens is 278 g/mol. The van der Waals surface area contributed by atoms with Crippen LogP contribution >= 0.6 is 11.6 Å². The number of nitrogens with one attached hydrogen (secondary N) is 1. The number of aromatic carboxylic acids is 1. The molecule has 4 nitrogen and oxygen atoms in total. The van der Waals surface area contributed by atoms with Gasteiger partial charge in [0.2, 0.25) is 5.91 Å². The molecule has 20 heavy (non-hydrogen) atoms. The van der Waals surface area contributed by atoms with Gasteiger partial charge in [-0.1, -0.05) is 35.9 Å². The Labute approximate surface area is 121 Å². The third kappa shape index (κ3) is 3.59. The Bertz CT molecular complexity index is 655. The quantitative estimate of drug-likeness (QED) is 0.908. The highest BCUT2D eigenvalue weighted by molar-refractivity contribution is 6.31. The molecule has 0 saturated heterocycles. The SMILES string of the molecule is O=C(Cc1ccccc1Cl)Nc1cccc(C(=O)O)c1. The Morgan fingerprint density at radius 1 is 1.10 bits per heavy atom. The topological polar surface area (TPSA) is 66.4 Å². The van der Waals surface area contributed by atoms with Crippen molar-refractivity contribution >= 4 is 29.2 Å². The Morgan fingerprint density at radius 2 is 1.85 bits per heavy atom. The van der Waals surface area contributed by atoms with Crippen LogP contribution in [0.1, 0.15) is 15.9 Å². The minimum absolute atomic E-state index is 0.126. The number of benzene rings is 2. The molecule has 0 atom stereocenters. The van der Waals surface area contributed by atoms with E-state index in [1.165, 1.54) is 12.1 Å². The lowest BCUT2D eigenvalue weighted by atomic mass is 10.1. The number of carbonyl (C=O) groups excluding carboxylic acids is 1. The van der Waals surface area contributed by atoms with Crippen molar-refractivity contribution in [3.05, 3.63) is 64.7 Å². The van der Waals surface area contributed by atoms with Gasteiger partial charge < -0.3 is 10.4 Å². The van der Waals surface area contributed by atoms with Crippen LogP contribution in [0.3, 0.4) is 0 Å². The van der Waals surface area contributed by atoms with Crippen molar-refractivity contribution in [3.8, 4) is 0 Å². The molecule has 5 heteroatoms. The van der Waals surface area contributed by atoms with Crippen LogP contribution in [-0.4, -0.2) is 17.0 Å². The second-order valence-corrected chi connectivity index (χ2v) is 4.61. The lowest BCUT2D eigenvalue weighted by molar-refractivity contribution is -0.115. The molecule has 0 aliphatic rings. The minimum atomic E-state index is -1.03. The van der Waals surface area contributed by atoms with E-state index in [1.807, 2.05) is 0 Å². The molecule has 0 saturated carbocycles. The zero-order chi connectivity index (χ0) is 14.5. The molecule has 2 N–H and O–H groups in total. The molecule has 2 rings (SSSR count). The van der Waals surface area contributed by atoms with E-state index in [-0.39, 0.29) is 17.9 Å². The molecule has 0 aliphatic heterocycles. The molecule has 0 unspecified atom stereocenters. The summed E-state index contributed by atoms with van der Waals surface area (Å²) in [4.78, 5) is 22.7. The fraction of sp³-hybridized carbons (Fsp3) is 0.0667. The predicted octanol–water partition coefficient (Wildman–Crippen LogP) is 3.22. The first-order valence-corrected chi connectivity index (χ1v) is 6.30. The van der Waals surface area contributed by atoms with Gasteiger partial charge in [0.1, 0.15) is 0 Å². The van der Waals surface area contributed by atoms with Crippen LogP contribution in [0.15, 0.2) is 48.5 Å². The highest BCUT2D eigenvalue weighted by Gasteiger charge is 2.08. The van der Waals surface area contributed by atoms with Gasteiger partial charge in [0.15, 0.2) is 0 Å². The van der Waals surface area contributed by atoms with Crippen LogP contribution in [0.4, 0.5) is 5.69 Å². The van der Waals surface area contributed by atoms with Crippen molar-refractivity contribution in [2.45, 2.75) is 6.42 Å². The van der Waals surface area contributed by atoms with Gasteiger partial charge in [-0.25, -0.2) is 4.79 Å². The van der Waals surface area contributed by atoms with Gasteiger partial charge in [-0.15, -0.1) is 0 Å². The van der Waals surface area contributed by atoms with E-state index < -0.39 is 5.97 Å². The summed E-state index contributed by atoms with van der Waals surface area (Å²) in [6.45, 7) is 0. The first-order valence-electron chi connectivity index (χ1n) is 5.93. The maximum absolute atomic E-state index is 11.9. The van der Waals surface area contributed by atoms with Crippen molar-refractivity contribution in [2.75, 3.05) is 5.32 Å². The van der Waals surface area contributed by atoms with Crippen LogP contribution in [-0.2, 0) is 11.2 Å². The number of carboxylic acid groups (broad SMARTS) is 1. The molecule has 102 valence electrons. The van der Waals surface area contributed by atoms with E-state index in [0.717, 1.165) is 5.56 Å². The molecule has 0 fully saturated rings. The van der Waals surface area contributed by atoms with E-state index in [0.29, 0.717) is 10.7 Å². The number of hydrogen-bond donors (Lipinski definition) is 2. The zero-order valence-electron chi connectivity index (χ0n) is 10.5.